The fourth-order valence-electron chi connectivity index (χ4n) is 1.23. The maximum absolute atomic E-state index is 2.39. The van der Waals surface area contributed by atoms with Gasteiger partial charge in [0.2, 0.25) is 0 Å². The molecule has 1 fully saturated rings. The van der Waals surface area contributed by atoms with Gasteiger partial charge in [-0.2, -0.15) is 0 Å². The Balaban J connectivity index is 2.35. The van der Waals surface area contributed by atoms with Gasteiger partial charge in [-0.25, -0.2) is 0 Å². The first-order valence-electron chi connectivity index (χ1n) is 2.66. The maximum atomic E-state index is 2.39. The standard InChI is InChI=1S/C6H8/c1-2-5-4-6(5)3-1/h2,6H,1,3-4H2. The Labute approximate surface area is 37.9 Å². The van der Waals surface area contributed by atoms with Gasteiger partial charge < -0.3 is 0 Å². The van der Waals surface area contributed by atoms with Crippen LogP contribution in [0.1, 0.15) is 19.3 Å². The Morgan fingerprint density at radius 3 is 2.83 bits per heavy atom. The van der Waals surface area contributed by atoms with E-state index in [9.17, 15) is 0 Å². The lowest BCUT2D eigenvalue weighted by Crippen LogP contribution is -1.63. The summed E-state index contributed by atoms with van der Waals surface area (Å²) in [6.45, 7) is 0. The van der Waals surface area contributed by atoms with E-state index in [4.69, 9.17) is 0 Å². The van der Waals surface area contributed by atoms with Crippen molar-refractivity contribution in [1.29, 1.82) is 0 Å². The van der Waals surface area contributed by atoms with Gasteiger partial charge in [-0.15, -0.1) is 0 Å². The Kier molecular flexibility index (Phi) is 0.331. The van der Waals surface area contributed by atoms with Gasteiger partial charge in [-0.3, -0.25) is 0 Å². The van der Waals surface area contributed by atoms with Crippen molar-refractivity contribution >= 4 is 0 Å². The molecule has 0 amide bonds. The molecule has 0 heteroatoms. The zero-order chi connectivity index (χ0) is 3.98. The van der Waals surface area contributed by atoms with Crippen molar-refractivity contribution in [2.75, 3.05) is 0 Å². The normalized spacial score (nSPS) is 38.7. The van der Waals surface area contributed by atoms with E-state index in [-0.39, 0.29) is 0 Å². The second kappa shape index (κ2) is 0.699. The molecule has 0 aromatic carbocycles. The molecule has 0 aliphatic heterocycles. The minimum atomic E-state index is 1.07. The molecular formula is C6H8. The Morgan fingerprint density at radius 1 is 1.67 bits per heavy atom. The zero-order valence-electron chi connectivity index (χ0n) is 3.78. The molecule has 0 heterocycles. The number of fused-ring (bicyclic) bond motifs is 1. The second-order valence-corrected chi connectivity index (χ2v) is 2.26. The van der Waals surface area contributed by atoms with Crippen molar-refractivity contribution < 1.29 is 0 Å². The molecule has 2 aliphatic rings. The second-order valence-electron chi connectivity index (χ2n) is 2.26. The quantitative estimate of drug-likeness (QED) is 0.389. The summed E-state index contributed by atoms with van der Waals surface area (Å²) in [6, 6.07) is 0. The Hall–Kier alpha value is -0.260. The summed E-state index contributed by atoms with van der Waals surface area (Å²) >= 11 is 0. The summed E-state index contributed by atoms with van der Waals surface area (Å²) < 4.78 is 0. The lowest BCUT2D eigenvalue weighted by molar-refractivity contribution is 0.792. The molecule has 0 N–H and O–H groups in total. The summed E-state index contributed by atoms with van der Waals surface area (Å²) in [7, 11) is 0. The predicted octanol–water partition coefficient (Wildman–Crippen LogP) is 1.73. The summed E-state index contributed by atoms with van der Waals surface area (Å²) in [6.07, 6.45) is 6.68. The fraction of sp³-hybridized carbons (Fsp3) is 0.667. The first-order valence-corrected chi connectivity index (χ1v) is 2.66. The van der Waals surface area contributed by atoms with E-state index in [2.05, 4.69) is 6.08 Å². The van der Waals surface area contributed by atoms with E-state index in [0.717, 1.165) is 5.92 Å². The fourth-order valence-corrected chi connectivity index (χ4v) is 1.23. The van der Waals surface area contributed by atoms with Gasteiger partial charge in [-0.05, 0) is 25.2 Å². The smallest absolute Gasteiger partial charge is 0.0163 e. The largest absolute Gasteiger partial charge is 0.0850 e. The number of rotatable bonds is 0. The molecule has 2 aliphatic carbocycles. The van der Waals surface area contributed by atoms with Gasteiger partial charge in [0.25, 0.3) is 0 Å². The molecule has 2 rings (SSSR count). The summed E-state index contributed by atoms with van der Waals surface area (Å²) in [5, 5.41) is 0. The van der Waals surface area contributed by atoms with Crippen LogP contribution in [0.15, 0.2) is 11.6 Å². The van der Waals surface area contributed by atoms with Crippen LogP contribution >= 0.6 is 0 Å². The molecular weight excluding hydrogens is 72.1 g/mol. The van der Waals surface area contributed by atoms with Crippen LogP contribution in [-0.2, 0) is 0 Å². The predicted molar refractivity (Wildman–Crippen MR) is 25.4 cm³/mol. The van der Waals surface area contributed by atoms with Crippen LogP contribution in [0.25, 0.3) is 0 Å². The lowest BCUT2D eigenvalue weighted by atomic mass is 10.3. The van der Waals surface area contributed by atoms with Crippen LogP contribution < -0.4 is 0 Å². The maximum Gasteiger partial charge on any atom is -0.0163 e. The molecule has 32 valence electrons. The third-order valence-corrected chi connectivity index (χ3v) is 1.77. The molecule has 0 saturated heterocycles. The highest BCUT2D eigenvalue weighted by Crippen LogP contribution is 2.46. The molecule has 1 unspecified atom stereocenters. The van der Waals surface area contributed by atoms with Crippen LogP contribution in [0, 0.1) is 5.92 Å². The molecule has 0 radical (unpaired) electrons. The molecule has 1 atom stereocenters. The van der Waals surface area contributed by atoms with E-state index in [1.54, 1.807) is 5.57 Å². The number of allylic oxidation sites excluding steroid dienone is 2. The molecule has 0 aromatic heterocycles. The SMILES string of the molecule is C1=C2CC2CC1. The lowest BCUT2D eigenvalue weighted by Gasteiger charge is -1.77. The highest BCUT2D eigenvalue weighted by atomic mass is 14.4. The third-order valence-electron chi connectivity index (χ3n) is 1.77. The Bertz CT molecular complexity index is 101. The van der Waals surface area contributed by atoms with Crippen LogP contribution in [0.2, 0.25) is 0 Å². The summed E-state index contributed by atoms with van der Waals surface area (Å²) in [5.41, 5.74) is 1.75. The van der Waals surface area contributed by atoms with Crippen molar-refractivity contribution in [3.63, 3.8) is 0 Å². The molecule has 0 bridgehead atoms. The highest BCUT2D eigenvalue weighted by molar-refractivity contribution is 5.27. The monoisotopic (exact) mass is 80.1 g/mol. The van der Waals surface area contributed by atoms with E-state index < -0.39 is 0 Å². The first-order chi connectivity index (χ1) is 2.97. The van der Waals surface area contributed by atoms with Crippen molar-refractivity contribution in [3.05, 3.63) is 11.6 Å². The van der Waals surface area contributed by atoms with Crippen molar-refractivity contribution in [3.8, 4) is 0 Å². The van der Waals surface area contributed by atoms with Gasteiger partial charge in [0.15, 0.2) is 0 Å². The average Bonchev–Trinajstić information content (AvgIpc) is 2.17. The van der Waals surface area contributed by atoms with Crippen molar-refractivity contribution in [1.82, 2.24) is 0 Å². The minimum absolute atomic E-state index is 1.07. The van der Waals surface area contributed by atoms with Crippen LogP contribution in [0.3, 0.4) is 0 Å². The first kappa shape index (κ1) is 2.84. The topological polar surface area (TPSA) is 0 Å². The molecule has 1 saturated carbocycles. The van der Waals surface area contributed by atoms with Gasteiger partial charge in [0.1, 0.15) is 0 Å². The van der Waals surface area contributed by atoms with Gasteiger partial charge >= 0.3 is 0 Å². The van der Waals surface area contributed by atoms with Crippen LogP contribution in [-0.4, -0.2) is 0 Å². The zero-order valence-corrected chi connectivity index (χ0v) is 3.78. The van der Waals surface area contributed by atoms with Crippen LogP contribution in [0.4, 0.5) is 0 Å². The highest BCUT2D eigenvalue weighted by Gasteiger charge is 2.31. The van der Waals surface area contributed by atoms with Crippen LogP contribution in [0.5, 0.6) is 0 Å². The summed E-state index contributed by atoms with van der Waals surface area (Å²) in [5.74, 6) is 1.07. The van der Waals surface area contributed by atoms with Gasteiger partial charge in [0, 0.05) is 0 Å². The third kappa shape index (κ3) is 0.204. The van der Waals surface area contributed by atoms with Crippen molar-refractivity contribution in [2.45, 2.75) is 19.3 Å². The van der Waals surface area contributed by atoms with E-state index in [1.165, 1.54) is 19.3 Å². The summed E-state index contributed by atoms with van der Waals surface area (Å²) in [4.78, 5) is 0. The number of hydrogen-bond acceptors (Lipinski definition) is 0. The Morgan fingerprint density at radius 2 is 2.67 bits per heavy atom. The molecule has 6 heavy (non-hydrogen) atoms. The van der Waals surface area contributed by atoms with E-state index in [0.29, 0.717) is 0 Å². The molecule has 0 spiro atoms. The molecule has 0 aromatic rings. The van der Waals surface area contributed by atoms with Gasteiger partial charge in [-0.1, -0.05) is 11.6 Å². The van der Waals surface area contributed by atoms with Crippen molar-refractivity contribution in [2.24, 2.45) is 5.92 Å². The van der Waals surface area contributed by atoms with E-state index in [1.807, 2.05) is 0 Å². The average molecular weight is 80.1 g/mol. The van der Waals surface area contributed by atoms with E-state index >= 15 is 0 Å². The minimum Gasteiger partial charge on any atom is -0.0850 e. The molecule has 0 nitrogen and oxygen atoms in total. The number of hydrogen-bond donors (Lipinski definition) is 0. The van der Waals surface area contributed by atoms with Gasteiger partial charge in [0.05, 0.1) is 0 Å².